The zero-order valence-electron chi connectivity index (χ0n) is 20.3. The first-order valence-electron chi connectivity index (χ1n) is 13.5. The molecule has 3 aliphatic rings. The minimum absolute atomic E-state index is 0.906. The van der Waals surface area contributed by atoms with Crippen molar-refractivity contribution in [1.29, 1.82) is 0 Å². The average molecular weight is 421 g/mol. The van der Waals surface area contributed by atoms with Crippen LogP contribution in [0.3, 0.4) is 0 Å². The molecule has 0 aromatic rings. The third kappa shape index (κ3) is 5.68. The van der Waals surface area contributed by atoms with Crippen LogP contribution in [-0.4, -0.2) is 14.8 Å². The summed E-state index contributed by atoms with van der Waals surface area (Å²) in [6, 6.07) is 1.32. The summed E-state index contributed by atoms with van der Waals surface area (Å²) in [7, 11) is -1.94. The van der Waals surface area contributed by atoms with Crippen LogP contribution >= 0.6 is 0 Å². The Hall–Kier alpha value is -0.858. The molecule has 0 unspecified atom stereocenters. The van der Waals surface area contributed by atoms with Crippen LogP contribution < -0.4 is 0 Å². The largest absolute Gasteiger partial charge is 0.241 e. The van der Waals surface area contributed by atoms with Crippen LogP contribution in [0.15, 0.2) is 10.7 Å². The predicted octanol–water partition coefficient (Wildman–Crippen LogP) is 8.47. The van der Waals surface area contributed by atoms with Crippen molar-refractivity contribution in [1.82, 2.24) is 0 Å². The second-order valence-corrected chi connectivity index (χ2v) is 13.6. The SMILES string of the molecule is CCCCC#C[Si]1(C#CCCCC)CCC(B2C3CCCC2CCC3)=C1CCCC. The molecule has 0 N–H and O–H groups in total. The highest BCUT2D eigenvalue weighted by atomic mass is 28.3. The third-order valence-corrected chi connectivity index (χ3v) is 11.9. The van der Waals surface area contributed by atoms with Crippen molar-refractivity contribution in [3.05, 3.63) is 10.7 Å². The molecule has 0 aliphatic carbocycles. The van der Waals surface area contributed by atoms with Gasteiger partial charge < -0.3 is 0 Å². The van der Waals surface area contributed by atoms with E-state index in [4.69, 9.17) is 0 Å². The third-order valence-electron chi connectivity index (χ3n) is 8.08. The fourth-order valence-corrected chi connectivity index (χ4v) is 10.4. The molecular formula is C28H45BSi. The Morgan fingerprint density at radius 2 is 1.33 bits per heavy atom. The Labute approximate surface area is 189 Å². The Morgan fingerprint density at radius 3 is 1.83 bits per heavy atom. The van der Waals surface area contributed by atoms with Crippen LogP contribution in [0.25, 0.3) is 0 Å². The van der Waals surface area contributed by atoms with Crippen molar-refractivity contribution in [2.45, 2.75) is 141 Å². The molecule has 0 atom stereocenters. The fourth-order valence-electron chi connectivity index (χ4n) is 6.50. The van der Waals surface area contributed by atoms with Crippen molar-refractivity contribution in [3.8, 4) is 22.9 Å². The predicted molar refractivity (Wildman–Crippen MR) is 137 cm³/mol. The molecule has 0 saturated carbocycles. The van der Waals surface area contributed by atoms with Gasteiger partial charge in [0.05, 0.1) is 0 Å². The fraction of sp³-hybridized carbons (Fsp3) is 0.786. The van der Waals surface area contributed by atoms with Gasteiger partial charge in [-0.2, -0.15) is 0 Å². The smallest absolute Gasteiger partial charge is 0.110 e. The molecule has 0 radical (unpaired) electrons. The minimum Gasteiger partial charge on any atom is -0.110 e. The summed E-state index contributed by atoms with van der Waals surface area (Å²) < 4.78 is 0. The molecular weight excluding hydrogens is 375 g/mol. The van der Waals surface area contributed by atoms with Gasteiger partial charge in [-0.15, -0.1) is 28.4 Å². The van der Waals surface area contributed by atoms with E-state index < -0.39 is 8.07 Å². The maximum absolute atomic E-state index is 3.96. The van der Waals surface area contributed by atoms with Crippen LogP contribution in [0.2, 0.25) is 17.7 Å². The summed E-state index contributed by atoms with van der Waals surface area (Å²) in [5.74, 6) is 9.29. The van der Waals surface area contributed by atoms with Gasteiger partial charge in [-0.25, -0.2) is 0 Å². The quantitative estimate of drug-likeness (QED) is 0.210. The molecule has 2 saturated heterocycles. The van der Waals surface area contributed by atoms with Crippen molar-refractivity contribution >= 4 is 14.8 Å². The first-order valence-corrected chi connectivity index (χ1v) is 15.7. The molecule has 0 amide bonds. The van der Waals surface area contributed by atoms with Gasteiger partial charge in [-0.05, 0) is 31.7 Å². The number of unbranched alkanes of at least 4 members (excludes halogenated alkanes) is 5. The monoisotopic (exact) mass is 420 g/mol. The van der Waals surface area contributed by atoms with E-state index in [0.717, 1.165) is 31.2 Å². The summed E-state index contributed by atoms with van der Waals surface area (Å²) in [6.07, 6.45) is 21.4. The van der Waals surface area contributed by atoms with E-state index in [1.807, 2.05) is 10.7 Å². The first kappa shape index (κ1) is 23.8. The molecule has 3 aliphatic heterocycles. The van der Waals surface area contributed by atoms with Gasteiger partial charge in [0.15, 0.2) is 6.71 Å². The maximum atomic E-state index is 3.96. The molecule has 0 nitrogen and oxygen atoms in total. The van der Waals surface area contributed by atoms with E-state index in [2.05, 4.69) is 43.7 Å². The van der Waals surface area contributed by atoms with Gasteiger partial charge >= 0.3 is 0 Å². The lowest BCUT2D eigenvalue weighted by atomic mass is 9.24. The van der Waals surface area contributed by atoms with Crippen molar-refractivity contribution in [2.24, 2.45) is 0 Å². The Kier molecular flexibility index (Phi) is 9.72. The lowest BCUT2D eigenvalue weighted by Gasteiger charge is -2.42. The van der Waals surface area contributed by atoms with Gasteiger partial charge in [0.2, 0.25) is 8.07 Å². The summed E-state index contributed by atoms with van der Waals surface area (Å²) in [5.41, 5.74) is 9.83. The molecule has 0 spiro atoms. The number of hydrogen-bond acceptors (Lipinski definition) is 0. The van der Waals surface area contributed by atoms with Crippen molar-refractivity contribution in [3.63, 3.8) is 0 Å². The summed E-state index contributed by atoms with van der Waals surface area (Å²) in [5, 5.41) is 1.85. The number of rotatable bonds is 8. The molecule has 2 heteroatoms. The van der Waals surface area contributed by atoms with Gasteiger partial charge in [-0.3, -0.25) is 0 Å². The van der Waals surface area contributed by atoms with Gasteiger partial charge in [0, 0.05) is 12.8 Å². The van der Waals surface area contributed by atoms with E-state index in [0.29, 0.717) is 0 Å². The Morgan fingerprint density at radius 1 is 0.800 bits per heavy atom. The summed E-state index contributed by atoms with van der Waals surface area (Å²) in [6.45, 7) is 7.82. The molecule has 3 rings (SSSR count). The average Bonchev–Trinajstić information content (AvgIpc) is 3.10. The van der Waals surface area contributed by atoms with Gasteiger partial charge in [0.1, 0.15) is 0 Å². The van der Waals surface area contributed by atoms with Crippen LogP contribution in [0.4, 0.5) is 0 Å². The summed E-state index contributed by atoms with van der Waals surface area (Å²) in [4.78, 5) is 0. The van der Waals surface area contributed by atoms with E-state index in [9.17, 15) is 0 Å². The zero-order chi connectivity index (χ0) is 21.2. The lowest BCUT2D eigenvalue weighted by molar-refractivity contribution is 0.445. The molecule has 3 heterocycles. The molecule has 2 fully saturated rings. The lowest BCUT2D eigenvalue weighted by Crippen LogP contribution is -2.38. The van der Waals surface area contributed by atoms with Gasteiger partial charge in [-0.1, -0.05) is 102 Å². The van der Waals surface area contributed by atoms with E-state index in [1.165, 1.54) is 95.9 Å². The highest BCUT2D eigenvalue weighted by molar-refractivity contribution is 7.02. The number of allylic oxidation sites excluding steroid dienone is 2. The zero-order valence-corrected chi connectivity index (χ0v) is 21.3. The standard InChI is InChI=1S/C28H45BSi/c1-4-7-10-12-22-30(23-13-11-8-5-2)24-21-27(28(30)20-9-6-3)29-25-16-14-17-26(29)19-15-18-25/h25-26H,4-11,14-21,24H2,1-3H3. The molecule has 2 bridgehead atoms. The van der Waals surface area contributed by atoms with Crippen molar-refractivity contribution in [2.75, 3.05) is 0 Å². The molecule has 0 aromatic heterocycles. The van der Waals surface area contributed by atoms with Crippen LogP contribution in [0, 0.1) is 22.9 Å². The van der Waals surface area contributed by atoms with Gasteiger partial charge in [0.25, 0.3) is 0 Å². The Balaban J connectivity index is 1.98. The van der Waals surface area contributed by atoms with Crippen molar-refractivity contribution < 1.29 is 0 Å². The molecule has 164 valence electrons. The molecule has 0 aromatic carbocycles. The highest BCUT2D eigenvalue weighted by Gasteiger charge is 2.48. The van der Waals surface area contributed by atoms with Crippen LogP contribution in [0.5, 0.6) is 0 Å². The summed E-state index contributed by atoms with van der Waals surface area (Å²) >= 11 is 0. The van der Waals surface area contributed by atoms with Crippen LogP contribution in [-0.2, 0) is 0 Å². The Bertz CT molecular complexity index is 650. The normalized spacial score (nSPS) is 24.8. The maximum Gasteiger partial charge on any atom is 0.241 e. The van der Waals surface area contributed by atoms with E-state index in [-0.39, 0.29) is 0 Å². The minimum atomic E-state index is -1.94. The van der Waals surface area contributed by atoms with E-state index >= 15 is 0 Å². The second-order valence-electron chi connectivity index (χ2n) is 10.2. The second kappa shape index (κ2) is 12.2. The van der Waals surface area contributed by atoms with Crippen LogP contribution in [0.1, 0.15) is 124 Å². The number of fused-ring (bicyclic) bond motifs is 2. The topological polar surface area (TPSA) is 0 Å². The first-order chi connectivity index (χ1) is 14.8. The van der Waals surface area contributed by atoms with E-state index in [1.54, 1.807) is 0 Å². The highest BCUT2D eigenvalue weighted by Crippen LogP contribution is 2.53. The number of hydrogen-bond donors (Lipinski definition) is 0. The molecule has 30 heavy (non-hydrogen) atoms.